The van der Waals surface area contributed by atoms with Crippen LogP contribution in [0.15, 0.2) is 66.7 Å². The Morgan fingerprint density at radius 2 is 1.24 bits per heavy atom. The van der Waals surface area contributed by atoms with Gasteiger partial charge >= 0.3 is 0 Å². The highest BCUT2D eigenvalue weighted by atomic mass is 32.1. The fourth-order valence-electron chi connectivity index (χ4n) is 3.61. The predicted molar refractivity (Wildman–Crippen MR) is 135 cm³/mol. The molecule has 4 rings (SSSR count). The number of anilines is 2. The zero-order valence-corrected chi connectivity index (χ0v) is 19.3. The summed E-state index contributed by atoms with van der Waals surface area (Å²) in [5.41, 5.74) is 4.35. The van der Waals surface area contributed by atoms with Crippen LogP contribution < -0.4 is 10.6 Å². The first-order valence-corrected chi connectivity index (χ1v) is 10.7. The van der Waals surface area contributed by atoms with Gasteiger partial charge in [-0.25, -0.2) is 4.98 Å². The number of phenolic OH excluding ortho intramolecular Hbond substituents is 2. The van der Waals surface area contributed by atoms with Crippen LogP contribution in [0.2, 0.25) is 0 Å². The molecule has 1 heterocycles. The third-order valence-electron chi connectivity index (χ3n) is 4.97. The lowest BCUT2D eigenvalue weighted by molar-refractivity contribution is -0.115. The third-order valence-corrected chi connectivity index (χ3v) is 5.36. The van der Waals surface area contributed by atoms with E-state index in [1.165, 1.54) is 13.8 Å². The molecule has 0 atom stereocenters. The van der Waals surface area contributed by atoms with Gasteiger partial charge in [0.1, 0.15) is 11.5 Å². The van der Waals surface area contributed by atoms with Crippen LogP contribution in [0.3, 0.4) is 0 Å². The summed E-state index contributed by atoms with van der Waals surface area (Å²) in [6, 6.07) is 18.4. The zero-order valence-electron chi connectivity index (χ0n) is 18.4. The molecular formula is C25H22N4O4S. The van der Waals surface area contributed by atoms with Gasteiger partial charge < -0.3 is 20.8 Å². The lowest BCUT2D eigenvalue weighted by Gasteiger charge is -2.11. The molecule has 0 bridgehead atoms. The number of hydrogen-bond donors (Lipinski definition) is 5. The Morgan fingerprint density at radius 3 is 1.71 bits per heavy atom. The van der Waals surface area contributed by atoms with Gasteiger partial charge in [-0.3, -0.25) is 13.6 Å². The minimum atomic E-state index is -0.255. The Kier molecular flexibility index (Phi) is 6.29. The maximum atomic E-state index is 11.7. The number of hydrogen-bond acceptors (Lipinski definition) is 6. The van der Waals surface area contributed by atoms with E-state index in [1.54, 1.807) is 70.7 Å². The second kappa shape index (κ2) is 9.32. The van der Waals surface area contributed by atoms with Crippen molar-refractivity contribution in [3.05, 3.63) is 66.7 Å². The van der Waals surface area contributed by atoms with E-state index in [4.69, 9.17) is 17.8 Å². The van der Waals surface area contributed by atoms with Gasteiger partial charge in [-0.05, 0) is 66.7 Å². The van der Waals surface area contributed by atoms with E-state index in [1.807, 2.05) is 0 Å². The second-order valence-electron chi connectivity index (χ2n) is 7.70. The molecule has 4 aromatic rings. The molecule has 0 radical (unpaired) electrons. The molecule has 4 N–H and O–H groups in total. The van der Waals surface area contributed by atoms with Gasteiger partial charge in [-0.2, -0.15) is 0 Å². The molecule has 0 saturated heterocycles. The van der Waals surface area contributed by atoms with Gasteiger partial charge in [0.05, 0.1) is 11.4 Å². The molecule has 0 fully saturated rings. The Balaban J connectivity index is 1.94. The molecule has 34 heavy (non-hydrogen) atoms. The van der Waals surface area contributed by atoms with Crippen LogP contribution in [0, 0.1) is 0 Å². The molecule has 0 unspecified atom stereocenters. The number of nitrogens with zero attached hydrogens (tertiary/aromatic N) is 2. The summed E-state index contributed by atoms with van der Waals surface area (Å²) in [4.78, 5) is 28.2. The first kappa shape index (κ1) is 22.9. The quantitative estimate of drug-likeness (QED) is 0.264. The average Bonchev–Trinajstić information content (AvgIpc) is 3.11. The van der Waals surface area contributed by atoms with Crippen LogP contribution >= 0.6 is 12.8 Å². The van der Waals surface area contributed by atoms with Crippen molar-refractivity contribution in [2.24, 2.45) is 0 Å². The maximum Gasteiger partial charge on any atom is 0.221 e. The minimum Gasteiger partial charge on any atom is -0.508 e. The van der Waals surface area contributed by atoms with Gasteiger partial charge in [-0.1, -0.05) is 12.8 Å². The van der Waals surface area contributed by atoms with Crippen LogP contribution in [-0.2, 0) is 9.59 Å². The smallest absolute Gasteiger partial charge is 0.221 e. The summed E-state index contributed by atoms with van der Waals surface area (Å²) in [6.07, 6.45) is 0. The van der Waals surface area contributed by atoms with E-state index >= 15 is 0 Å². The first-order valence-electron chi connectivity index (χ1n) is 10.3. The summed E-state index contributed by atoms with van der Waals surface area (Å²) in [7, 11) is 0. The minimum absolute atomic E-state index is 0.128. The van der Waals surface area contributed by atoms with Crippen molar-refractivity contribution in [2.75, 3.05) is 10.6 Å². The van der Waals surface area contributed by atoms with E-state index in [0.717, 1.165) is 11.1 Å². The van der Waals surface area contributed by atoms with Gasteiger partial charge in [-0.15, -0.1) is 0 Å². The normalized spacial score (nSPS) is 10.7. The van der Waals surface area contributed by atoms with Crippen molar-refractivity contribution < 1.29 is 19.8 Å². The van der Waals surface area contributed by atoms with Crippen LogP contribution in [-0.4, -0.2) is 31.0 Å². The van der Waals surface area contributed by atoms with Crippen molar-refractivity contribution in [1.29, 1.82) is 0 Å². The number of carbonyl (C=O) groups is 2. The van der Waals surface area contributed by atoms with Gasteiger partial charge in [0.25, 0.3) is 0 Å². The number of amides is 2. The van der Waals surface area contributed by atoms with E-state index < -0.39 is 0 Å². The Hall–Kier alpha value is -4.24. The Bertz CT molecular complexity index is 1350. The summed E-state index contributed by atoms with van der Waals surface area (Å²) < 4.78 is 1.61. The SMILES string of the molecule is CC(=O)Nc1cc(NC(C)=O)cc(-c2nc(-c3ccc(O)cc3)c(-c3ccc(O)cc3)n2S)c1. The number of phenols is 2. The molecular weight excluding hydrogens is 452 g/mol. The molecule has 172 valence electrons. The number of nitrogens with one attached hydrogen (secondary N) is 2. The summed E-state index contributed by atoms with van der Waals surface area (Å²) in [5, 5.41) is 24.9. The average molecular weight is 475 g/mol. The lowest BCUT2D eigenvalue weighted by Crippen LogP contribution is -2.09. The number of benzene rings is 3. The zero-order chi connectivity index (χ0) is 24.4. The van der Waals surface area contributed by atoms with E-state index in [9.17, 15) is 19.8 Å². The molecule has 0 spiro atoms. The van der Waals surface area contributed by atoms with Crippen molar-refractivity contribution in [2.45, 2.75) is 13.8 Å². The number of imidazole rings is 1. The van der Waals surface area contributed by atoms with Crippen molar-refractivity contribution in [3.8, 4) is 45.4 Å². The van der Waals surface area contributed by atoms with E-state index in [2.05, 4.69) is 10.6 Å². The van der Waals surface area contributed by atoms with Crippen LogP contribution in [0.4, 0.5) is 11.4 Å². The molecule has 0 saturated carbocycles. The third kappa shape index (κ3) is 4.89. The summed E-state index contributed by atoms with van der Waals surface area (Å²) in [5.74, 6) is 0.212. The van der Waals surface area contributed by atoms with Crippen molar-refractivity contribution in [3.63, 3.8) is 0 Å². The topological polar surface area (TPSA) is 116 Å². The van der Waals surface area contributed by atoms with Gasteiger partial charge in [0, 0.05) is 41.9 Å². The molecule has 0 aliphatic rings. The summed E-state index contributed by atoms with van der Waals surface area (Å²) >= 11 is 4.73. The fraction of sp³-hybridized carbons (Fsp3) is 0.0800. The molecule has 1 aromatic heterocycles. The largest absolute Gasteiger partial charge is 0.508 e. The van der Waals surface area contributed by atoms with Crippen molar-refractivity contribution >= 4 is 36.0 Å². The second-order valence-corrected chi connectivity index (χ2v) is 8.10. The number of rotatable bonds is 5. The van der Waals surface area contributed by atoms with E-state index in [-0.39, 0.29) is 23.3 Å². The van der Waals surface area contributed by atoms with Gasteiger partial charge in [0.15, 0.2) is 5.82 Å². The van der Waals surface area contributed by atoms with Crippen LogP contribution in [0.25, 0.3) is 33.9 Å². The summed E-state index contributed by atoms with van der Waals surface area (Å²) in [6.45, 7) is 2.80. The molecule has 2 amide bonds. The first-order chi connectivity index (χ1) is 16.2. The standard InChI is InChI=1S/C25H22N4O4S/c1-14(30)26-19-11-18(12-20(13-19)27-15(2)31)25-28-23(16-3-7-21(32)8-4-16)24(29(25)34)17-5-9-22(33)10-6-17/h3-13,32-34H,1-2H3,(H,26,30)(H,27,31). The van der Waals surface area contributed by atoms with Gasteiger partial charge in [0.2, 0.25) is 11.8 Å². The predicted octanol–water partition coefficient (Wildman–Crippen LogP) is 4.91. The highest BCUT2D eigenvalue weighted by Crippen LogP contribution is 2.39. The van der Waals surface area contributed by atoms with E-state index in [0.29, 0.717) is 34.2 Å². The van der Waals surface area contributed by atoms with Crippen LogP contribution in [0.1, 0.15) is 13.8 Å². The van der Waals surface area contributed by atoms with Crippen LogP contribution in [0.5, 0.6) is 11.5 Å². The molecule has 0 aliphatic heterocycles. The van der Waals surface area contributed by atoms with Crippen molar-refractivity contribution in [1.82, 2.24) is 8.96 Å². The molecule has 8 nitrogen and oxygen atoms in total. The molecule has 3 aromatic carbocycles. The number of carbonyl (C=O) groups excluding carboxylic acids is 2. The highest BCUT2D eigenvalue weighted by Gasteiger charge is 2.21. The molecule has 9 heteroatoms. The number of aromatic nitrogens is 2. The fourth-order valence-corrected chi connectivity index (χ4v) is 3.98. The maximum absolute atomic E-state index is 11.7. The number of thiol groups is 1. The highest BCUT2D eigenvalue weighted by molar-refractivity contribution is 7.78. The Morgan fingerprint density at radius 1 is 0.765 bits per heavy atom. The monoisotopic (exact) mass is 474 g/mol. The molecule has 0 aliphatic carbocycles. The Labute approximate surface area is 201 Å². The number of aromatic hydroxyl groups is 2. The lowest BCUT2D eigenvalue weighted by atomic mass is 10.0.